The first kappa shape index (κ1) is 19.5. The third-order valence-electron chi connectivity index (χ3n) is 6.34. The molecule has 0 bridgehead atoms. The van der Waals surface area contributed by atoms with E-state index in [1.165, 1.54) is 51.4 Å². The Hall–Kier alpha value is -0.520. The van der Waals surface area contributed by atoms with Gasteiger partial charge in [0.15, 0.2) is 0 Å². The number of rotatable bonds is 4. The van der Waals surface area contributed by atoms with Gasteiger partial charge in [-0.1, -0.05) is 72.3 Å². The molecule has 0 heterocycles. The van der Waals surface area contributed by atoms with E-state index < -0.39 is 0 Å². The Kier molecular flexibility index (Phi) is 7.42. The first-order valence-corrected chi connectivity index (χ1v) is 9.74. The first-order valence-electron chi connectivity index (χ1n) is 9.74. The Bertz CT molecular complexity index is 373. The molecule has 128 valence electrons. The maximum absolute atomic E-state index is 4.45. The van der Waals surface area contributed by atoms with Gasteiger partial charge in [0.05, 0.1) is 0 Å². The fourth-order valence-electron chi connectivity index (χ4n) is 5.36. The lowest BCUT2D eigenvalue weighted by Gasteiger charge is -2.58. The monoisotopic (exact) mass is 304 g/mol. The Balaban J connectivity index is 0.00000116. The Morgan fingerprint density at radius 3 is 2.45 bits per heavy atom. The van der Waals surface area contributed by atoms with Crippen molar-refractivity contribution in [1.82, 2.24) is 0 Å². The zero-order valence-corrected chi connectivity index (χ0v) is 16.2. The van der Waals surface area contributed by atoms with Crippen molar-refractivity contribution in [3.05, 3.63) is 24.3 Å². The van der Waals surface area contributed by atoms with Crippen LogP contribution in [0.2, 0.25) is 0 Å². The van der Waals surface area contributed by atoms with Gasteiger partial charge in [0, 0.05) is 0 Å². The van der Waals surface area contributed by atoms with E-state index in [9.17, 15) is 0 Å². The summed E-state index contributed by atoms with van der Waals surface area (Å²) < 4.78 is 0. The molecule has 0 amide bonds. The van der Waals surface area contributed by atoms with Crippen LogP contribution in [-0.4, -0.2) is 0 Å². The molecule has 0 nitrogen and oxygen atoms in total. The van der Waals surface area contributed by atoms with Gasteiger partial charge in [0.1, 0.15) is 0 Å². The zero-order valence-electron chi connectivity index (χ0n) is 16.2. The predicted octanol–water partition coefficient (Wildman–Crippen LogP) is 7.56. The third-order valence-corrected chi connectivity index (χ3v) is 6.34. The second-order valence-electron chi connectivity index (χ2n) is 8.11. The topological polar surface area (TPSA) is 0 Å². The van der Waals surface area contributed by atoms with Crippen molar-refractivity contribution in [1.29, 1.82) is 0 Å². The standard InChI is InChI=1S/C20H34.C2H6/c1-6-7-8-9-11-17-16(2)12-13-18-19(3,4)14-10-15-20(17,18)5;1-2/h7-8,17-18H,2,6,9-15H2,1,3-5H3;1-2H3/b8-7+;. The van der Waals surface area contributed by atoms with Crippen LogP contribution in [0.4, 0.5) is 0 Å². The maximum Gasteiger partial charge on any atom is -0.0146 e. The molecular weight excluding hydrogens is 264 g/mol. The molecule has 3 unspecified atom stereocenters. The molecule has 0 spiro atoms. The Morgan fingerprint density at radius 2 is 1.82 bits per heavy atom. The van der Waals surface area contributed by atoms with Gasteiger partial charge < -0.3 is 0 Å². The van der Waals surface area contributed by atoms with Gasteiger partial charge in [-0.3, -0.25) is 0 Å². The van der Waals surface area contributed by atoms with Crippen molar-refractivity contribution in [3.63, 3.8) is 0 Å². The minimum absolute atomic E-state index is 0.511. The summed E-state index contributed by atoms with van der Waals surface area (Å²) >= 11 is 0. The molecule has 2 aliphatic carbocycles. The van der Waals surface area contributed by atoms with E-state index in [2.05, 4.69) is 46.4 Å². The highest BCUT2D eigenvalue weighted by molar-refractivity contribution is 5.16. The van der Waals surface area contributed by atoms with Crippen LogP contribution in [0.25, 0.3) is 0 Å². The molecule has 0 aromatic carbocycles. The molecule has 0 saturated heterocycles. The highest BCUT2D eigenvalue weighted by Crippen LogP contribution is 2.61. The summed E-state index contributed by atoms with van der Waals surface area (Å²) in [6.45, 7) is 18.3. The number of allylic oxidation sites excluding steroid dienone is 3. The van der Waals surface area contributed by atoms with Gasteiger partial charge in [-0.25, -0.2) is 0 Å². The first-order chi connectivity index (χ1) is 10.4. The molecule has 3 atom stereocenters. The molecule has 2 aliphatic rings. The van der Waals surface area contributed by atoms with Crippen molar-refractivity contribution in [2.75, 3.05) is 0 Å². The lowest BCUT2D eigenvalue weighted by Crippen LogP contribution is -2.49. The summed E-state index contributed by atoms with van der Waals surface area (Å²) in [4.78, 5) is 0. The Labute approximate surface area is 140 Å². The van der Waals surface area contributed by atoms with Crippen LogP contribution >= 0.6 is 0 Å². The fourth-order valence-corrected chi connectivity index (χ4v) is 5.36. The second-order valence-corrected chi connectivity index (χ2v) is 8.11. The average molecular weight is 305 g/mol. The van der Waals surface area contributed by atoms with Gasteiger partial charge in [-0.05, 0) is 67.6 Å². The van der Waals surface area contributed by atoms with Crippen molar-refractivity contribution in [3.8, 4) is 0 Å². The van der Waals surface area contributed by atoms with Crippen LogP contribution in [0.15, 0.2) is 24.3 Å². The van der Waals surface area contributed by atoms with Crippen molar-refractivity contribution in [2.45, 2.75) is 92.9 Å². The maximum atomic E-state index is 4.45. The minimum atomic E-state index is 0.511. The van der Waals surface area contributed by atoms with Crippen LogP contribution in [0.3, 0.4) is 0 Å². The van der Waals surface area contributed by atoms with Gasteiger partial charge in [-0.15, -0.1) is 0 Å². The van der Waals surface area contributed by atoms with Crippen molar-refractivity contribution < 1.29 is 0 Å². The van der Waals surface area contributed by atoms with Crippen LogP contribution in [0, 0.1) is 22.7 Å². The molecule has 2 saturated carbocycles. The SMILES string of the molecule is C=C1CCC2C(C)(C)CCCC2(C)C1CC/C=C/CC.CC. The van der Waals surface area contributed by atoms with Gasteiger partial charge in [0.25, 0.3) is 0 Å². The Morgan fingerprint density at radius 1 is 1.14 bits per heavy atom. The predicted molar refractivity (Wildman–Crippen MR) is 101 cm³/mol. The molecule has 0 aromatic heterocycles. The normalized spacial score (nSPS) is 34.0. The molecule has 0 N–H and O–H groups in total. The molecule has 2 fully saturated rings. The molecule has 22 heavy (non-hydrogen) atoms. The van der Waals surface area contributed by atoms with Gasteiger partial charge in [0.2, 0.25) is 0 Å². The summed E-state index contributed by atoms with van der Waals surface area (Å²) in [6, 6.07) is 0. The molecule has 0 heteroatoms. The lowest BCUT2D eigenvalue weighted by molar-refractivity contribution is -0.0537. The summed E-state index contributed by atoms with van der Waals surface area (Å²) in [5.41, 5.74) is 2.59. The van der Waals surface area contributed by atoms with Crippen LogP contribution < -0.4 is 0 Å². The van der Waals surface area contributed by atoms with E-state index in [1.807, 2.05) is 13.8 Å². The fraction of sp³-hybridized carbons (Fsp3) is 0.818. The summed E-state index contributed by atoms with van der Waals surface area (Å²) in [6.07, 6.45) is 15.3. The van der Waals surface area contributed by atoms with E-state index in [4.69, 9.17) is 0 Å². The molecular formula is C22H40. The van der Waals surface area contributed by atoms with E-state index in [-0.39, 0.29) is 0 Å². The van der Waals surface area contributed by atoms with Crippen LogP contribution in [0.5, 0.6) is 0 Å². The van der Waals surface area contributed by atoms with E-state index >= 15 is 0 Å². The number of hydrogen-bond donors (Lipinski definition) is 0. The smallest absolute Gasteiger partial charge is 0.0146 e. The largest absolute Gasteiger partial charge is 0.0996 e. The lowest BCUT2D eigenvalue weighted by atomic mass is 9.47. The second kappa shape index (κ2) is 8.37. The molecule has 0 aliphatic heterocycles. The highest BCUT2D eigenvalue weighted by atomic mass is 14.6. The van der Waals surface area contributed by atoms with E-state index in [1.54, 1.807) is 5.57 Å². The van der Waals surface area contributed by atoms with E-state index in [0.717, 1.165) is 11.8 Å². The van der Waals surface area contributed by atoms with Gasteiger partial charge >= 0.3 is 0 Å². The summed E-state index contributed by atoms with van der Waals surface area (Å²) in [7, 11) is 0. The number of hydrogen-bond acceptors (Lipinski definition) is 0. The van der Waals surface area contributed by atoms with Crippen LogP contribution in [0.1, 0.15) is 92.9 Å². The molecule has 0 aromatic rings. The third kappa shape index (κ3) is 4.06. The quantitative estimate of drug-likeness (QED) is 0.470. The van der Waals surface area contributed by atoms with Gasteiger partial charge in [-0.2, -0.15) is 0 Å². The number of fused-ring (bicyclic) bond motifs is 1. The molecule has 2 rings (SSSR count). The molecule has 0 radical (unpaired) electrons. The van der Waals surface area contributed by atoms with Crippen molar-refractivity contribution >= 4 is 0 Å². The highest BCUT2D eigenvalue weighted by Gasteiger charge is 2.52. The van der Waals surface area contributed by atoms with Crippen LogP contribution in [-0.2, 0) is 0 Å². The van der Waals surface area contributed by atoms with Crippen molar-refractivity contribution in [2.24, 2.45) is 22.7 Å². The minimum Gasteiger partial charge on any atom is -0.0996 e. The average Bonchev–Trinajstić information content (AvgIpc) is 2.47. The zero-order chi connectivity index (χ0) is 16.8. The van der Waals surface area contributed by atoms with E-state index in [0.29, 0.717) is 10.8 Å². The summed E-state index contributed by atoms with van der Waals surface area (Å²) in [5, 5.41) is 0. The summed E-state index contributed by atoms with van der Waals surface area (Å²) in [5.74, 6) is 1.65.